The monoisotopic (exact) mass is 331 g/mol. The van der Waals surface area contributed by atoms with Gasteiger partial charge >= 0.3 is 0 Å². The Morgan fingerprint density at radius 3 is 2.45 bits per heavy atom. The molecule has 1 fully saturated rings. The highest BCUT2D eigenvalue weighted by atomic mass is 32.1. The number of rotatable bonds is 8. The van der Waals surface area contributed by atoms with E-state index < -0.39 is 5.25 Å². The molecule has 1 unspecified atom stereocenters. The number of carbonyl (C=O) groups is 4. The van der Waals surface area contributed by atoms with Crippen LogP contribution in [0.2, 0.25) is 0 Å². The van der Waals surface area contributed by atoms with Crippen molar-refractivity contribution in [1.29, 1.82) is 0 Å². The molecule has 1 saturated heterocycles. The Morgan fingerprint density at radius 1 is 1.32 bits per heavy atom. The minimum Gasteiger partial charge on any atom is -0.282 e. The number of amides is 4. The lowest BCUT2D eigenvalue weighted by Crippen LogP contribution is -2.36. The fraction of sp³-hybridized carbons (Fsp3) is 0.714. The van der Waals surface area contributed by atoms with Gasteiger partial charge in [-0.05, 0) is 12.8 Å². The van der Waals surface area contributed by atoms with Gasteiger partial charge in [0.05, 0.1) is 5.25 Å². The zero-order valence-electron chi connectivity index (χ0n) is 13.1. The van der Waals surface area contributed by atoms with Gasteiger partial charge in [-0.25, -0.2) is 0 Å². The molecular weight excluding hydrogens is 306 g/mol. The van der Waals surface area contributed by atoms with Crippen molar-refractivity contribution >= 4 is 36.8 Å². The summed E-state index contributed by atoms with van der Waals surface area (Å²) in [5, 5.41) is -0.507. The number of nitrogens with one attached hydrogen (secondary N) is 2. The van der Waals surface area contributed by atoms with Gasteiger partial charge in [-0.1, -0.05) is 26.7 Å². The first-order valence-corrected chi connectivity index (χ1v) is 7.99. The molecule has 22 heavy (non-hydrogen) atoms. The molecule has 7 nitrogen and oxygen atoms in total. The molecule has 0 saturated carbocycles. The second kappa shape index (κ2) is 12.0. The molecule has 2 N–H and O–H groups in total. The van der Waals surface area contributed by atoms with E-state index in [1.54, 1.807) is 0 Å². The van der Waals surface area contributed by atoms with Crippen molar-refractivity contribution in [2.24, 2.45) is 0 Å². The summed E-state index contributed by atoms with van der Waals surface area (Å²) in [6, 6.07) is 0. The third kappa shape index (κ3) is 8.02. The van der Waals surface area contributed by atoms with E-state index >= 15 is 0 Å². The fourth-order valence-corrected chi connectivity index (χ4v) is 2.10. The van der Waals surface area contributed by atoms with Crippen LogP contribution in [0.1, 0.15) is 52.4 Å². The highest BCUT2D eigenvalue weighted by molar-refractivity contribution is 7.81. The summed E-state index contributed by atoms with van der Waals surface area (Å²) in [6.07, 6.45) is 4.11. The molecule has 1 rings (SSSR count). The molecular formula is C14H25N3O4S. The van der Waals surface area contributed by atoms with Crippen molar-refractivity contribution in [1.82, 2.24) is 15.8 Å². The third-order valence-corrected chi connectivity index (χ3v) is 3.18. The highest BCUT2D eigenvalue weighted by Crippen LogP contribution is 2.18. The number of hydrogen-bond donors (Lipinski definition) is 3. The van der Waals surface area contributed by atoms with Crippen LogP contribution in [-0.2, 0) is 19.2 Å². The van der Waals surface area contributed by atoms with Gasteiger partial charge in [0.25, 0.3) is 0 Å². The molecule has 0 bridgehead atoms. The van der Waals surface area contributed by atoms with Crippen molar-refractivity contribution < 1.29 is 19.2 Å². The molecule has 126 valence electrons. The summed E-state index contributed by atoms with van der Waals surface area (Å²) < 4.78 is 0. The van der Waals surface area contributed by atoms with Crippen molar-refractivity contribution in [3.8, 4) is 0 Å². The zero-order chi connectivity index (χ0) is 17.0. The SMILES string of the molecule is CCC.O=CNNC(=O)CCCCCN1C(=O)CC(S)C1=O. The number of hydrazine groups is 1. The lowest BCUT2D eigenvalue weighted by atomic mass is 10.2. The van der Waals surface area contributed by atoms with Crippen LogP contribution in [-0.4, -0.2) is 40.8 Å². The van der Waals surface area contributed by atoms with E-state index in [0.717, 1.165) is 6.42 Å². The van der Waals surface area contributed by atoms with E-state index in [1.165, 1.54) is 11.3 Å². The van der Waals surface area contributed by atoms with E-state index in [2.05, 4.69) is 37.3 Å². The Balaban J connectivity index is 0.00000135. The number of carbonyl (C=O) groups excluding carboxylic acids is 4. The van der Waals surface area contributed by atoms with Crippen LogP contribution in [0.3, 0.4) is 0 Å². The second-order valence-electron chi connectivity index (χ2n) is 4.93. The standard InChI is InChI=1S/C11H17N3O4S.C3H8/c15-7-12-13-9(16)4-2-1-3-5-14-10(17)6-8(19)11(14)18;1-3-2/h7-8,19H,1-6H2,(H,12,15)(H,13,16);3H2,1-2H3. The average Bonchev–Trinajstić information content (AvgIpc) is 2.71. The first-order chi connectivity index (χ1) is 10.5. The quantitative estimate of drug-likeness (QED) is 0.201. The Morgan fingerprint density at radius 2 is 1.95 bits per heavy atom. The van der Waals surface area contributed by atoms with Crippen molar-refractivity contribution in [2.75, 3.05) is 6.54 Å². The normalized spacial score (nSPS) is 16.9. The van der Waals surface area contributed by atoms with Crippen LogP contribution in [0.5, 0.6) is 0 Å². The summed E-state index contributed by atoms with van der Waals surface area (Å²) in [6.45, 7) is 4.63. The number of nitrogens with zero attached hydrogens (tertiary/aromatic N) is 1. The van der Waals surface area contributed by atoms with Crippen LogP contribution in [0.4, 0.5) is 0 Å². The van der Waals surface area contributed by atoms with Crippen LogP contribution >= 0.6 is 12.6 Å². The maximum absolute atomic E-state index is 11.5. The molecule has 0 aromatic rings. The van der Waals surface area contributed by atoms with Crippen LogP contribution in [0, 0.1) is 0 Å². The molecule has 1 atom stereocenters. The molecule has 1 aliphatic rings. The zero-order valence-corrected chi connectivity index (χ0v) is 14.0. The number of unbranched alkanes of at least 4 members (excludes halogenated alkanes) is 2. The van der Waals surface area contributed by atoms with Gasteiger partial charge in [0.2, 0.25) is 24.1 Å². The number of hydrogen-bond acceptors (Lipinski definition) is 5. The smallest absolute Gasteiger partial charge is 0.242 e. The van der Waals surface area contributed by atoms with E-state index in [4.69, 9.17) is 0 Å². The van der Waals surface area contributed by atoms with Gasteiger partial charge < -0.3 is 0 Å². The van der Waals surface area contributed by atoms with Gasteiger partial charge in [-0.15, -0.1) is 0 Å². The average molecular weight is 331 g/mol. The minimum atomic E-state index is -0.507. The van der Waals surface area contributed by atoms with Crippen molar-refractivity contribution in [2.45, 2.75) is 57.6 Å². The van der Waals surface area contributed by atoms with Gasteiger partial charge in [0.1, 0.15) is 0 Å². The molecule has 0 aromatic heterocycles. The predicted molar refractivity (Wildman–Crippen MR) is 85.9 cm³/mol. The molecule has 8 heteroatoms. The number of imide groups is 1. The lowest BCUT2D eigenvalue weighted by molar-refractivity contribution is -0.138. The van der Waals surface area contributed by atoms with Gasteiger partial charge in [0.15, 0.2) is 0 Å². The Hall–Kier alpha value is -1.57. The van der Waals surface area contributed by atoms with Crippen molar-refractivity contribution in [3.63, 3.8) is 0 Å². The summed E-state index contributed by atoms with van der Waals surface area (Å²) in [5.41, 5.74) is 4.26. The van der Waals surface area contributed by atoms with Crippen LogP contribution < -0.4 is 10.9 Å². The summed E-state index contributed by atoms with van der Waals surface area (Å²) in [7, 11) is 0. The topological polar surface area (TPSA) is 95.6 Å². The summed E-state index contributed by atoms with van der Waals surface area (Å²) >= 11 is 4.03. The summed E-state index contributed by atoms with van der Waals surface area (Å²) in [5.74, 6) is -0.685. The molecule has 0 radical (unpaired) electrons. The number of thiol groups is 1. The van der Waals surface area contributed by atoms with Crippen LogP contribution in [0.15, 0.2) is 0 Å². The van der Waals surface area contributed by atoms with E-state index in [9.17, 15) is 19.2 Å². The molecule has 4 amide bonds. The van der Waals surface area contributed by atoms with E-state index in [1.807, 2.05) is 0 Å². The largest absolute Gasteiger partial charge is 0.282 e. The highest BCUT2D eigenvalue weighted by Gasteiger charge is 2.35. The Bertz CT molecular complexity index is 390. The second-order valence-corrected chi connectivity index (χ2v) is 5.56. The first kappa shape index (κ1) is 20.4. The molecule has 0 aromatic carbocycles. The Kier molecular flexibility index (Phi) is 11.2. The van der Waals surface area contributed by atoms with E-state index in [-0.39, 0.29) is 30.6 Å². The molecule has 1 heterocycles. The predicted octanol–water partition coefficient (Wildman–Crippen LogP) is 0.798. The minimum absolute atomic E-state index is 0.168. The number of likely N-dealkylation sites (tertiary alicyclic amines) is 1. The van der Waals surface area contributed by atoms with Crippen LogP contribution in [0.25, 0.3) is 0 Å². The van der Waals surface area contributed by atoms with Gasteiger partial charge in [-0.3, -0.25) is 34.9 Å². The molecule has 1 aliphatic heterocycles. The third-order valence-electron chi connectivity index (χ3n) is 2.78. The fourth-order valence-electron chi connectivity index (χ4n) is 1.81. The van der Waals surface area contributed by atoms with Crippen molar-refractivity contribution in [3.05, 3.63) is 0 Å². The van der Waals surface area contributed by atoms with Gasteiger partial charge in [-0.2, -0.15) is 12.6 Å². The molecule has 0 spiro atoms. The lowest BCUT2D eigenvalue weighted by Gasteiger charge is -2.13. The molecule has 0 aliphatic carbocycles. The van der Waals surface area contributed by atoms with Gasteiger partial charge in [0, 0.05) is 19.4 Å². The Labute approximate surface area is 136 Å². The maximum Gasteiger partial charge on any atom is 0.242 e. The summed E-state index contributed by atoms with van der Waals surface area (Å²) in [4.78, 5) is 45.2. The van der Waals surface area contributed by atoms with E-state index in [0.29, 0.717) is 25.8 Å². The maximum atomic E-state index is 11.5. The first-order valence-electron chi connectivity index (χ1n) is 7.48.